The van der Waals surface area contributed by atoms with Gasteiger partial charge < -0.3 is 10.0 Å². The highest BCUT2D eigenvalue weighted by molar-refractivity contribution is 7.18. The predicted octanol–water partition coefficient (Wildman–Crippen LogP) is 5.09. The average Bonchev–Trinajstić information content (AvgIpc) is 3.05. The Balaban J connectivity index is 1.74. The lowest BCUT2D eigenvalue weighted by atomic mass is 9.88. The van der Waals surface area contributed by atoms with Gasteiger partial charge in [-0.3, -0.25) is 9.59 Å². The van der Waals surface area contributed by atoms with E-state index in [0.717, 1.165) is 26.5 Å². The number of aromatic nitrogens is 1. The number of aryl methyl sites for hydroxylation is 1. The van der Waals surface area contributed by atoms with Gasteiger partial charge in [-0.25, -0.2) is 4.98 Å². The van der Waals surface area contributed by atoms with Gasteiger partial charge in [0.2, 0.25) is 5.91 Å². The molecule has 5 nitrogen and oxygen atoms in total. The lowest BCUT2D eigenvalue weighted by molar-refractivity contribution is -0.140. The second-order valence-corrected chi connectivity index (χ2v) is 8.77. The molecule has 28 heavy (non-hydrogen) atoms. The van der Waals surface area contributed by atoms with Crippen LogP contribution in [0.25, 0.3) is 10.2 Å². The zero-order valence-corrected chi connectivity index (χ0v) is 17.2. The first kappa shape index (κ1) is 19.2. The fraction of sp³-hybridized carbons (Fsp3) is 0.250. The van der Waals surface area contributed by atoms with Crippen LogP contribution in [0.3, 0.4) is 0 Å². The molecule has 0 bridgehead atoms. The number of carboxylic acids is 1. The van der Waals surface area contributed by atoms with Crippen molar-refractivity contribution in [1.82, 2.24) is 4.98 Å². The van der Waals surface area contributed by atoms with Crippen molar-refractivity contribution in [3.8, 4) is 0 Å². The molecule has 1 amide bonds. The normalized spacial score (nSPS) is 16.5. The van der Waals surface area contributed by atoms with Crippen molar-refractivity contribution in [2.45, 2.75) is 26.3 Å². The minimum absolute atomic E-state index is 0.191. The maximum Gasteiger partial charge on any atom is 0.304 e. The van der Waals surface area contributed by atoms with Crippen LogP contribution < -0.4 is 4.90 Å². The van der Waals surface area contributed by atoms with Crippen LogP contribution in [0.5, 0.6) is 0 Å². The molecular weight excluding hydrogens is 419 g/mol. The molecule has 1 atom stereocenters. The van der Waals surface area contributed by atoms with Crippen molar-refractivity contribution in [3.05, 3.63) is 56.5 Å². The predicted molar refractivity (Wildman–Crippen MR) is 111 cm³/mol. The van der Waals surface area contributed by atoms with E-state index >= 15 is 0 Å². The van der Waals surface area contributed by atoms with Crippen molar-refractivity contribution in [2.75, 3.05) is 4.90 Å². The van der Waals surface area contributed by atoms with E-state index in [4.69, 9.17) is 23.2 Å². The van der Waals surface area contributed by atoms with Gasteiger partial charge in [-0.1, -0.05) is 35.3 Å². The molecule has 2 heterocycles. The SMILES string of the molecule is Cc1ccc2c(c1)N(Cc1nc3c(Cl)c(Cl)ccc3s1)C(=O)C(CC(=O)O)C2. The maximum atomic E-state index is 13.1. The summed E-state index contributed by atoms with van der Waals surface area (Å²) in [4.78, 5) is 30.5. The van der Waals surface area contributed by atoms with E-state index in [9.17, 15) is 14.7 Å². The summed E-state index contributed by atoms with van der Waals surface area (Å²) in [5, 5.41) is 10.7. The molecule has 0 saturated heterocycles. The molecule has 2 aromatic carbocycles. The first-order valence-electron chi connectivity index (χ1n) is 8.69. The molecule has 8 heteroatoms. The number of carbonyl (C=O) groups is 2. The van der Waals surface area contributed by atoms with E-state index in [1.165, 1.54) is 11.3 Å². The second-order valence-electron chi connectivity index (χ2n) is 6.87. The van der Waals surface area contributed by atoms with E-state index in [1.807, 2.05) is 31.2 Å². The van der Waals surface area contributed by atoms with Gasteiger partial charge in [-0.15, -0.1) is 11.3 Å². The van der Waals surface area contributed by atoms with Crippen molar-refractivity contribution in [3.63, 3.8) is 0 Å². The minimum Gasteiger partial charge on any atom is -0.481 e. The third-order valence-corrected chi connectivity index (χ3v) is 6.62. The summed E-state index contributed by atoms with van der Waals surface area (Å²) in [5.41, 5.74) is 3.44. The molecule has 144 valence electrons. The summed E-state index contributed by atoms with van der Waals surface area (Å²) in [6.07, 6.45) is 0.239. The molecule has 1 aliphatic heterocycles. The Morgan fingerprint density at radius 3 is 2.86 bits per heavy atom. The highest BCUT2D eigenvalue weighted by Crippen LogP contribution is 2.37. The van der Waals surface area contributed by atoms with E-state index in [2.05, 4.69) is 4.98 Å². The molecule has 3 aromatic rings. The topological polar surface area (TPSA) is 70.5 Å². The highest BCUT2D eigenvalue weighted by Gasteiger charge is 2.34. The number of anilines is 1. The van der Waals surface area contributed by atoms with Crippen LogP contribution in [0.2, 0.25) is 10.0 Å². The molecule has 1 N–H and O–H groups in total. The third-order valence-electron chi connectivity index (χ3n) is 4.82. The Kier molecular flexibility index (Phi) is 5.04. The minimum atomic E-state index is -0.977. The van der Waals surface area contributed by atoms with Gasteiger partial charge in [-0.05, 0) is 42.7 Å². The number of carbonyl (C=O) groups excluding carboxylic acids is 1. The molecule has 1 aromatic heterocycles. The number of halogens is 2. The number of rotatable bonds is 4. The molecule has 0 radical (unpaired) electrons. The number of thiazole rings is 1. The molecule has 0 spiro atoms. The Hall–Kier alpha value is -2.15. The molecule has 0 aliphatic carbocycles. The summed E-state index contributed by atoms with van der Waals surface area (Å²) in [6, 6.07) is 9.48. The van der Waals surface area contributed by atoms with Crippen LogP contribution in [0.4, 0.5) is 5.69 Å². The van der Waals surface area contributed by atoms with Gasteiger partial charge in [0.05, 0.1) is 33.6 Å². The lowest BCUT2D eigenvalue weighted by Crippen LogP contribution is -2.41. The number of hydrogen-bond acceptors (Lipinski definition) is 4. The number of fused-ring (bicyclic) bond motifs is 2. The van der Waals surface area contributed by atoms with Crippen molar-refractivity contribution < 1.29 is 14.7 Å². The number of amides is 1. The Labute approximate surface area is 175 Å². The quantitative estimate of drug-likeness (QED) is 0.620. The van der Waals surface area contributed by atoms with Crippen LogP contribution in [0.15, 0.2) is 30.3 Å². The summed E-state index contributed by atoms with van der Waals surface area (Å²) in [7, 11) is 0. The standard InChI is InChI=1S/C20H16Cl2N2O3S/c1-10-2-3-11-7-12(8-17(25)26)20(27)24(14(11)6-10)9-16-23-19-15(28-16)5-4-13(21)18(19)22/h2-6,12H,7-9H2,1H3,(H,25,26). The summed E-state index contributed by atoms with van der Waals surface area (Å²) in [6.45, 7) is 2.23. The Morgan fingerprint density at radius 1 is 1.32 bits per heavy atom. The maximum absolute atomic E-state index is 13.1. The number of benzene rings is 2. The van der Waals surface area contributed by atoms with Gasteiger partial charge in [-0.2, -0.15) is 0 Å². The molecule has 4 rings (SSSR count). The van der Waals surface area contributed by atoms with Gasteiger partial charge >= 0.3 is 5.97 Å². The fourth-order valence-corrected chi connectivity index (χ4v) is 4.89. The first-order chi connectivity index (χ1) is 13.3. The van der Waals surface area contributed by atoms with Crippen molar-refractivity contribution in [1.29, 1.82) is 0 Å². The fourth-order valence-electron chi connectivity index (χ4n) is 3.51. The summed E-state index contributed by atoms with van der Waals surface area (Å²) >= 11 is 13.8. The smallest absolute Gasteiger partial charge is 0.304 e. The zero-order chi connectivity index (χ0) is 20.0. The van der Waals surface area contributed by atoms with Crippen LogP contribution >= 0.6 is 34.5 Å². The lowest BCUT2D eigenvalue weighted by Gasteiger charge is -2.33. The summed E-state index contributed by atoms with van der Waals surface area (Å²) in [5.74, 6) is -1.75. The van der Waals surface area contributed by atoms with Gasteiger partial charge in [0.25, 0.3) is 0 Å². The van der Waals surface area contributed by atoms with Crippen LogP contribution in [0, 0.1) is 12.8 Å². The molecule has 1 aliphatic rings. The number of hydrogen-bond donors (Lipinski definition) is 1. The number of aliphatic carboxylic acids is 1. The highest BCUT2D eigenvalue weighted by atomic mass is 35.5. The summed E-state index contributed by atoms with van der Waals surface area (Å²) < 4.78 is 0.889. The van der Waals surface area contributed by atoms with E-state index < -0.39 is 11.9 Å². The second kappa shape index (κ2) is 7.35. The monoisotopic (exact) mass is 434 g/mol. The van der Waals surface area contributed by atoms with E-state index in [-0.39, 0.29) is 18.9 Å². The number of carboxylic acid groups (broad SMARTS) is 1. The third kappa shape index (κ3) is 3.48. The van der Waals surface area contributed by atoms with Crippen LogP contribution in [-0.2, 0) is 22.6 Å². The zero-order valence-electron chi connectivity index (χ0n) is 14.9. The van der Waals surface area contributed by atoms with Crippen LogP contribution in [-0.4, -0.2) is 22.0 Å². The Morgan fingerprint density at radius 2 is 2.11 bits per heavy atom. The first-order valence-corrected chi connectivity index (χ1v) is 10.3. The van der Waals surface area contributed by atoms with E-state index in [1.54, 1.807) is 11.0 Å². The van der Waals surface area contributed by atoms with Crippen LogP contribution in [0.1, 0.15) is 22.6 Å². The molecule has 1 unspecified atom stereocenters. The molecular formula is C20H16Cl2N2O3S. The molecule has 0 saturated carbocycles. The van der Waals surface area contributed by atoms with Gasteiger partial charge in [0.15, 0.2) is 0 Å². The van der Waals surface area contributed by atoms with Gasteiger partial charge in [0, 0.05) is 5.69 Å². The van der Waals surface area contributed by atoms with E-state index in [0.29, 0.717) is 22.0 Å². The molecule has 0 fully saturated rings. The average molecular weight is 435 g/mol. The number of nitrogens with zero attached hydrogens (tertiary/aromatic N) is 2. The van der Waals surface area contributed by atoms with Crippen molar-refractivity contribution in [2.24, 2.45) is 5.92 Å². The Bertz CT molecular complexity index is 1110. The largest absolute Gasteiger partial charge is 0.481 e. The van der Waals surface area contributed by atoms with Gasteiger partial charge in [0.1, 0.15) is 10.5 Å². The van der Waals surface area contributed by atoms with Crippen molar-refractivity contribution >= 4 is 62.3 Å².